The van der Waals surface area contributed by atoms with Crippen molar-refractivity contribution in [2.45, 2.75) is 25.4 Å². The van der Waals surface area contributed by atoms with Crippen LogP contribution in [0.5, 0.6) is 5.75 Å². The van der Waals surface area contributed by atoms with Crippen molar-refractivity contribution < 1.29 is 9.84 Å². The lowest BCUT2D eigenvalue weighted by atomic mass is 10.1. The van der Waals surface area contributed by atoms with Crippen LogP contribution in [0.15, 0.2) is 18.2 Å². The Morgan fingerprint density at radius 3 is 2.71 bits per heavy atom. The third-order valence-corrected chi connectivity index (χ3v) is 4.58. The van der Waals surface area contributed by atoms with E-state index in [1.54, 1.807) is 0 Å². The number of fused-ring (bicyclic) bond motifs is 1. The lowest BCUT2D eigenvalue weighted by Crippen LogP contribution is -2.47. The molecule has 0 spiro atoms. The molecule has 1 aromatic rings. The molecule has 1 saturated heterocycles. The average Bonchev–Trinajstić information content (AvgIpc) is 2.95. The van der Waals surface area contributed by atoms with E-state index in [2.05, 4.69) is 29.0 Å². The van der Waals surface area contributed by atoms with Crippen LogP contribution in [0.1, 0.15) is 17.5 Å². The summed E-state index contributed by atoms with van der Waals surface area (Å²) in [5, 5.41) is 10.1. The molecule has 0 aromatic heterocycles. The highest BCUT2D eigenvalue weighted by Crippen LogP contribution is 2.26. The molecule has 1 aliphatic carbocycles. The Morgan fingerprint density at radius 1 is 1.14 bits per heavy atom. The minimum Gasteiger partial charge on any atom is -0.491 e. The smallest absolute Gasteiger partial charge is 0.119 e. The van der Waals surface area contributed by atoms with Gasteiger partial charge in [0.2, 0.25) is 0 Å². The Morgan fingerprint density at radius 2 is 1.90 bits per heavy atom. The van der Waals surface area contributed by atoms with Gasteiger partial charge in [-0.3, -0.25) is 4.90 Å². The lowest BCUT2D eigenvalue weighted by molar-refractivity contribution is 0.0504. The third-order valence-electron chi connectivity index (χ3n) is 4.58. The number of likely N-dealkylation sites (N-methyl/N-ethyl adjacent to an activating group) is 1. The van der Waals surface area contributed by atoms with Crippen molar-refractivity contribution in [3.8, 4) is 5.75 Å². The van der Waals surface area contributed by atoms with Gasteiger partial charge in [-0.05, 0) is 49.6 Å². The van der Waals surface area contributed by atoms with E-state index in [-0.39, 0.29) is 0 Å². The Hall–Kier alpha value is -1.10. The van der Waals surface area contributed by atoms with Crippen LogP contribution >= 0.6 is 0 Å². The summed E-state index contributed by atoms with van der Waals surface area (Å²) in [4.78, 5) is 4.64. The summed E-state index contributed by atoms with van der Waals surface area (Å²) in [7, 11) is 2.14. The SMILES string of the molecule is CN1CCN(CC(O)COc2ccc3c(c2)CCC3)CC1. The van der Waals surface area contributed by atoms with Crippen LogP contribution in [-0.4, -0.2) is 67.4 Å². The van der Waals surface area contributed by atoms with Crippen LogP contribution in [0.3, 0.4) is 0 Å². The highest BCUT2D eigenvalue weighted by Gasteiger charge is 2.17. The molecule has 0 amide bonds. The molecule has 0 bridgehead atoms. The first-order valence-corrected chi connectivity index (χ1v) is 8.04. The fraction of sp³-hybridized carbons (Fsp3) is 0.647. The highest BCUT2D eigenvalue weighted by atomic mass is 16.5. The Kier molecular flexibility index (Phi) is 4.78. The number of piperazine rings is 1. The first-order valence-electron chi connectivity index (χ1n) is 8.04. The molecule has 1 unspecified atom stereocenters. The van der Waals surface area contributed by atoms with E-state index in [0.29, 0.717) is 13.2 Å². The van der Waals surface area contributed by atoms with Crippen LogP contribution in [0.4, 0.5) is 0 Å². The van der Waals surface area contributed by atoms with Gasteiger partial charge in [0.15, 0.2) is 0 Å². The minimum absolute atomic E-state index is 0.380. The summed E-state index contributed by atoms with van der Waals surface area (Å²) in [6.45, 7) is 5.32. The summed E-state index contributed by atoms with van der Waals surface area (Å²) in [6.07, 6.45) is 3.20. The summed E-state index contributed by atoms with van der Waals surface area (Å²) in [5.74, 6) is 0.896. The van der Waals surface area contributed by atoms with Gasteiger partial charge >= 0.3 is 0 Å². The number of ether oxygens (including phenoxy) is 1. The molecule has 1 aromatic carbocycles. The van der Waals surface area contributed by atoms with Gasteiger partial charge in [0.05, 0.1) is 0 Å². The van der Waals surface area contributed by atoms with Gasteiger partial charge in [-0.15, -0.1) is 0 Å². The summed E-state index contributed by atoms with van der Waals surface area (Å²) in [5.41, 5.74) is 2.88. The Balaban J connectivity index is 1.44. The number of rotatable bonds is 5. The molecule has 0 radical (unpaired) electrons. The van der Waals surface area contributed by atoms with E-state index in [4.69, 9.17) is 4.74 Å². The van der Waals surface area contributed by atoms with Gasteiger partial charge in [-0.1, -0.05) is 6.07 Å². The largest absolute Gasteiger partial charge is 0.491 e. The molecule has 4 heteroatoms. The van der Waals surface area contributed by atoms with Gasteiger partial charge in [0, 0.05) is 32.7 Å². The van der Waals surface area contributed by atoms with E-state index in [9.17, 15) is 5.11 Å². The maximum absolute atomic E-state index is 10.1. The maximum Gasteiger partial charge on any atom is 0.119 e. The number of aryl methyl sites for hydroxylation is 2. The molecule has 1 N–H and O–H groups in total. The van der Waals surface area contributed by atoms with Crippen molar-refractivity contribution in [3.63, 3.8) is 0 Å². The second-order valence-corrected chi connectivity index (χ2v) is 6.35. The molecule has 1 aliphatic heterocycles. The van der Waals surface area contributed by atoms with E-state index in [1.807, 2.05) is 6.07 Å². The lowest BCUT2D eigenvalue weighted by Gasteiger charge is -2.33. The van der Waals surface area contributed by atoms with Gasteiger partial charge in [-0.2, -0.15) is 0 Å². The molecule has 2 aliphatic rings. The van der Waals surface area contributed by atoms with Crippen LogP contribution in [0.2, 0.25) is 0 Å². The molecule has 21 heavy (non-hydrogen) atoms. The van der Waals surface area contributed by atoms with Crippen molar-refractivity contribution in [2.75, 3.05) is 46.4 Å². The number of hydrogen-bond acceptors (Lipinski definition) is 4. The second-order valence-electron chi connectivity index (χ2n) is 6.35. The van der Waals surface area contributed by atoms with Gasteiger partial charge < -0.3 is 14.7 Å². The zero-order valence-electron chi connectivity index (χ0n) is 12.9. The monoisotopic (exact) mass is 290 g/mol. The Bertz CT molecular complexity index is 470. The number of benzene rings is 1. The highest BCUT2D eigenvalue weighted by molar-refractivity contribution is 5.38. The summed E-state index contributed by atoms with van der Waals surface area (Å²) in [6, 6.07) is 6.35. The minimum atomic E-state index is -0.415. The average molecular weight is 290 g/mol. The fourth-order valence-electron chi connectivity index (χ4n) is 3.21. The zero-order chi connectivity index (χ0) is 14.7. The van der Waals surface area contributed by atoms with Gasteiger partial charge in [-0.25, -0.2) is 0 Å². The second kappa shape index (κ2) is 6.77. The van der Waals surface area contributed by atoms with Crippen molar-refractivity contribution >= 4 is 0 Å². The molecule has 1 atom stereocenters. The molecule has 3 rings (SSSR count). The standard InChI is InChI=1S/C17H26N2O2/c1-18-7-9-19(10-8-18)12-16(20)13-21-17-6-5-14-3-2-4-15(14)11-17/h5-6,11,16,20H,2-4,7-10,12-13H2,1H3. The van der Waals surface area contributed by atoms with Crippen LogP contribution < -0.4 is 4.74 Å². The first-order chi connectivity index (χ1) is 10.2. The number of hydrogen-bond donors (Lipinski definition) is 1. The van der Waals surface area contributed by atoms with Crippen LogP contribution in [0, 0.1) is 0 Å². The summed E-state index contributed by atoms with van der Waals surface area (Å²) < 4.78 is 5.77. The topological polar surface area (TPSA) is 35.9 Å². The first kappa shape index (κ1) is 14.8. The molecule has 0 saturated carbocycles. The summed E-state index contributed by atoms with van der Waals surface area (Å²) >= 11 is 0. The van der Waals surface area contributed by atoms with E-state index >= 15 is 0 Å². The number of nitrogens with zero attached hydrogens (tertiary/aromatic N) is 2. The zero-order valence-corrected chi connectivity index (χ0v) is 12.9. The molecule has 116 valence electrons. The van der Waals surface area contributed by atoms with Crippen molar-refractivity contribution in [1.82, 2.24) is 9.80 Å². The van der Waals surface area contributed by atoms with Crippen molar-refractivity contribution in [3.05, 3.63) is 29.3 Å². The third kappa shape index (κ3) is 3.96. The number of aliphatic hydroxyl groups is 1. The molecular weight excluding hydrogens is 264 g/mol. The quantitative estimate of drug-likeness (QED) is 0.883. The number of β-amino-alcohol motifs (C(OH)–C–C–N with tert-alkyl or cyclic N) is 1. The number of aliphatic hydroxyl groups excluding tert-OH is 1. The van der Waals surface area contributed by atoms with Crippen LogP contribution in [0.25, 0.3) is 0 Å². The normalized spacial score (nSPS) is 21.2. The Labute approximate surface area is 127 Å². The fourth-order valence-corrected chi connectivity index (χ4v) is 3.21. The molecule has 4 nitrogen and oxygen atoms in total. The predicted molar refractivity (Wildman–Crippen MR) is 83.9 cm³/mol. The molecule has 1 fully saturated rings. The van der Waals surface area contributed by atoms with E-state index in [0.717, 1.165) is 38.3 Å². The van der Waals surface area contributed by atoms with Crippen molar-refractivity contribution in [1.29, 1.82) is 0 Å². The van der Waals surface area contributed by atoms with E-state index < -0.39 is 6.10 Å². The van der Waals surface area contributed by atoms with Crippen molar-refractivity contribution in [2.24, 2.45) is 0 Å². The predicted octanol–water partition coefficient (Wildman–Crippen LogP) is 1.16. The maximum atomic E-state index is 10.1. The van der Waals surface area contributed by atoms with E-state index in [1.165, 1.54) is 24.0 Å². The van der Waals surface area contributed by atoms with Crippen LogP contribution in [-0.2, 0) is 12.8 Å². The molecular formula is C17H26N2O2. The van der Waals surface area contributed by atoms with Gasteiger partial charge in [0.25, 0.3) is 0 Å². The molecule has 1 heterocycles. The van der Waals surface area contributed by atoms with Gasteiger partial charge in [0.1, 0.15) is 18.5 Å².